The lowest BCUT2D eigenvalue weighted by Gasteiger charge is -2.31. The molecule has 3 N–H and O–H groups in total. The Morgan fingerprint density at radius 3 is 2.55 bits per heavy atom. The zero-order valence-corrected chi connectivity index (χ0v) is 22.3. The minimum atomic E-state index is -0.683. The van der Waals surface area contributed by atoms with Crippen molar-refractivity contribution in [3.63, 3.8) is 0 Å². The maximum absolute atomic E-state index is 13.4. The molecule has 1 aliphatic heterocycles. The number of phenols is 1. The Kier molecular flexibility index (Phi) is 7.49. The van der Waals surface area contributed by atoms with Crippen molar-refractivity contribution in [3.8, 4) is 5.75 Å². The number of phenolic OH excluding ortho intramolecular Hbond substituents is 1. The van der Waals surface area contributed by atoms with Crippen LogP contribution in [0.25, 0.3) is 6.08 Å². The molecule has 0 bridgehead atoms. The highest BCUT2D eigenvalue weighted by molar-refractivity contribution is 5.94. The standard InChI is InChI=1S/C32H35NO7/c34-16-15-33-30(36)23-18-27(29-28(19-23)39-32(40-29,24-11-12-24)25-13-14-25)38-31(37)22-9-4-6-20(17-22)5-3-8-21-7-1-2-10-26(21)35/h1-7,9-10,17,19,24-25,27-29,34-35H,8,11-16,18H2,(H,33,36)/t27-,28-,29+/m1/s1. The summed E-state index contributed by atoms with van der Waals surface area (Å²) in [6.45, 7) is -0.0166. The first kappa shape index (κ1) is 26.7. The lowest BCUT2D eigenvalue weighted by atomic mass is 9.91. The molecular weight excluding hydrogens is 510 g/mol. The van der Waals surface area contributed by atoms with E-state index in [0.717, 1.165) is 36.8 Å². The molecule has 4 aliphatic rings. The van der Waals surface area contributed by atoms with Crippen LogP contribution in [-0.4, -0.2) is 59.3 Å². The number of esters is 1. The number of para-hydroxylation sites is 1. The molecule has 2 aromatic carbocycles. The molecule has 3 atom stereocenters. The van der Waals surface area contributed by atoms with E-state index in [2.05, 4.69) is 5.32 Å². The Morgan fingerprint density at radius 1 is 1.05 bits per heavy atom. The average Bonchev–Trinajstić information content (AvgIpc) is 3.90. The number of hydrogen-bond donors (Lipinski definition) is 3. The highest BCUT2D eigenvalue weighted by Crippen LogP contribution is 2.59. The van der Waals surface area contributed by atoms with Crippen LogP contribution in [0.2, 0.25) is 0 Å². The summed E-state index contributed by atoms with van der Waals surface area (Å²) < 4.78 is 19.2. The van der Waals surface area contributed by atoms with Crippen LogP contribution < -0.4 is 5.32 Å². The van der Waals surface area contributed by atoms with Crippen molar-refractivity contribution in [2.75, 3.05) is 13.2 Å². The molecule has 0 unspecified atom stereocenters. The average molecular weight is 546 g/mol. The minimum Gasteiger partial charge on any atom is -0.508 e. The second kappa shape index (κ2) is 11.2. The van der Waals surface area contributed by atoms with E-state index in [1.165, 1.54) is 0 Å². The number of aromatic hydroxyl groups is 1. The van der Waals surface area contributed by atoms with Gasteiger partial charge in [-0.25, -0.2) is 4.79 Å². The van der Waals surface area contributed by atoms with Crippen molar-refractivity contribution < 1.29 is 34.0 Å². The van der Waals surface area contributed by atoms with Crippen LogP contribution in [0.1, 0.15) is 53.6 Å². The maximum atomic E-state index is 13.4. The Bertz CT molecular complexity index is 1310. The number of allylic oxidation sites excluding steroid dienone is 1. The molecule has 8 nitrogen and oxygen atoms in total. The summed E-state index contributed by atoms with van der Waals surface area (Å²) in [5.74, 6) is -0.531. The SMILES string of the molecule is O=C(NCCO)C1=C[C@H]2OC(C3CC3)(C3CC3)O[C@H]2[C@H](OC(=O)c2cccc(C=CCc3ccccc3O)c2)C1. The van der Waals surface area contributed by atoms with Gasteiger partial charge in [0.1, 0.15) is 24.1 Å². The number of hydrogen-bond acceptors (Lipinski definition) is 7. The van der Waals surface area contributed by atoms with Crippen molar-refractivity contribution in [2.45, 2.75) is 62.6 Å². The molecule has 2 saturated carbocycles. The smallest absolute Gasteiger partial charge is 0.338 e. The number of aliphatic hydroxyl groups excluding tert-OH is 1. The lowest BCUT2D eigenvalue weighted by molar-refractivity contribution is -0.209. The van der Waals surface area contributed by atoms with Crippen LogP contribution in [-0.2, 0) is 25.4 Å². The van der Waals surface area contributed by atoms with E-state index in [-0.39, 0.29) is 31.2 Å². The Labute approximate surface area is 233 Å². The predicted molar refractivity (Wildman–Crippen MR) is 147 cm³/mol. The van der Waals surface area contributed by atoms with Crippen molar-refractivity contribution in [2.24, 2.45) is 11.8 Å². The van der Waals surface area contributed by atoms with Crippen LogP contribution in [0.5, 0.6) is 5.75 Å². The van der Waals surface area contributed by atoms with E-state index in [1.54, 1.807) is 30.3 Å². The van der Waals surface area contributed by atoms with Crippen LogP contribution in [0.15, 0.2) is 66.3 Å². The van der Waals surface area contributed by atoms with E-state index < -0.39 is 30.1 Å². The van der Waals surface area contributed by atoms with Gasteiger partial charge < -0.3 is 29.7 Å². The molecule has 40 heavy (non-hydrogen) atoms. The van der Waals surface area contributed by atoms with Gasteiger partial charge in [0.2, 0.25) is 5.91 Å². The molecule has 1 heterocycles. The fourth-order valence-corrected chi connectivity index (χ4v) is 5.83. The van der Waals surface area contributed by atoms with Crippen molar-refractivity contribution in [1.29, 1.82) is 0 Å². The number of amides is 1. The zero-order valence-electron chi connectivity index (χ0n) is 22.3. The zero-order chi connectivity index (χ0) is 27.7. The summed E-state index contributed by atoms with van der Waals surface area (Å²) in [6, 6.07) is 14.4. The van der Waals surface area contributed by atoms with Crippen molar-refractivity contribution in [1.82, 2.24) is 5.32 Å². The highest BCUT2D eigenvalue weighted by Gasteiger charge is 2.64. The van der Waals surface area contributed by atoms with Gasteiger partial charge in [0.25, 0.3) is 0 Å². The summed E-state index contributed by atoms with van der Waals surface area (Å²) >= 11 is 0. The molecule has 0 radical (unpaired) electrons. The van der Waals surface area contributed by atoms with Gasteiger partial charge in [-0.05, 0) is 67.5 Å². The summed E-state index contributed by atoms with van der Waals surface area (Å²) in [5.41, 5.74) is 2.52. The fourth-order valence-electron chi connectivity index (χ4n) is 5.83. The predicted octanol–water partition coefficient (Wildman–Crippen LogP) is 3.91. The normalized spacial score (nSPS) is 25.3. The summed E-state index contributed by atoms with van der Waals surface area (Å²) in [6.07, 6.45) is 8.98. The summed E-state index contributed by atoms with van der Waals surface area (Å²) in [4.78, 5) is 26.2. The number of nitrogens with one attached hydrogen (secondary N) is 1. The number of fused-ring (bicyclic) bond motifs is 1. The van der Waals surface area contributed by atoms with Crippen molar-refractivity contribution >= 4 is 18.0 Å². The van der Waals surface area contributed by atoms with Crippen LogP contribution in [0, 0.1) is 11.8 Å². The quantitative estimate of drug-likeness (QED) is 0.388. The number of benzene rings is 2. The molecule has 0 spiro atoms. The van der Waals surface area contributed by atoms with Gasteiger partial charge in [-0.3, -0.25) is 4.79 Å². The van der Waals surface area contributed by atoms with Crippen LogP contribution >= 0.6 is 0 Å². The molecule has 3 fully saturated rings. The minimum absolute atomic E-state index is 0.143. The third kappa shape index (κ3) is 5.57. The van der Waals surface area contributed by atoms with E-state index in [4.69, 9.17) is 19.3 Å². The highest BCUT2D eigenvalue weighted by atomic mass is 16.8. The van der Waals surface area contributed by atoms with E-state index >= 15 is 0 Å². The topological polar surface area (TPSA) is 114 Å². The Balaban J connectivity index is 1.18. The molecule has 210 valence electrons. The van der Waals surface area contributed by atoms with E-state index in [0.29, 0.717) is 29.4 Å². The molecule has 3 aliphatic carbocycles. The summed E-state index contributed by atoms with van der Waals surface area (Å²) in [7, 11) is 0. The van der Waals surface area contributed by atoms with Gasteiger partial charge in [-0.15, -0.1) is 0 Å². The number of rotatable bonds is 10. The fraction of sp³-hybridized carbons (Fsp3) is 0.438. The summed E-state index contributed by atoms with van der Waals surface area (Å²) in [5, 5.41) is 21.8. The maximum Gasteiger partial charge on any atom is 0.338 e. The van der Waals surface area contributed by atoms with E-state index in [9.17, 15) is 14.7 Å². The second-order valence-electron chi connectivity index (χ2n) is 11.1. The first-order valence-electron chi connectivity index (χ1n) is 14.2. The van der Waals surface area contributed by atoms with Crippen LogP contribution in [0.4, 0.5) is 0 Å². The van der Waals surface area contributed by atoms with E-state index in [1.807, 2.05) is 36.4 Å². The number of ether oxygens (including phenoxy) is 3. The third-order valence-electron chi connectivity index (χ3n) is 8.12. The molecule has 1 saturated heterocycles. The molecule has 2 aromatic rings. The van der Waals surface area contributed by atoms with Gasteiger partial charge in [0.15, 0.2) is 5.79 Å². The number of carbonyl (C=O) groups is 2. The van der Waals surface area contributed by atoms with Gasteiger partial charge in [0, 0.05) is 30.4 Å². The van der Waals surface area contributed by atoms with Gasteiger partial charge in [-0.1, -0.05) is 42.5 Å². The number of aliphatic hydroxyl groups is 1. The molecule has 1 amide bonds. The molecule has 0 aromatic heterocycles. The molecule has 6 rings (SSSR count). The van der Waals surface area contributed by atoms with Crippen LogP contribution in [0.3, 0.4) is 0 Å². The van der Waals surface area contributed by atoms with Crippen molar-refractivity contribution in [3.05, 3.63) is 82.9 Å². The first-order valence-corrected chi connectivity index (χ1v) is 14.2. The number of carbonyl (C=O) groups excluding carboxylic acids is 2. The first-order chi connectivity index (χ1) is 19.5. The largest absolute Gasteiger partial charge is 0.508 e. The van der Waals surface area contributed by atoms with Gasteiger partial charge in [-0.2, -0.15) is 0 Å². The van der Waals surface area contributed by atoms with Gasteiger partial charge >= 0.3 is 5.97 Å². The molecule has 8 heteroatoms. The second-order valence-corrected chi connectivity index (χ2v) is 11.1. The lowest BCUT2D eigenvalue weighted by Crippen LogP contribution is -2.44. The third-order valence-corrected chi connectivity index (χ3v) is 8.12. The van der Waals surface area contributed by atoms with Gasteiger partial charge in [0.05, 0.1) is 12.2 Å². The Morgan fingerprint density at radius 2 is 1.82 bits per heavy atom. The Hall–Kier alpha value is -3.46. The molecular formula is C32H35NO7. The monoisotopic (exact) mass is 545 g/mol.